The maximum absolute atomic E-state index is 13.5. The predicted molar refractivity (Wildman–Crippen MR) is 119 cm³/mol. The van der Waals surface area contributed by atoms with Crippen molar-refractivity contribution in [2.75, 3.05) is 13.7 Å². The molecule has 2 aromatic rings. The van der Waals surface area contributed by atoms with Gasteiger partial charge in [-0.05, 0) is 49.4 Å². The standard InChI is InChI=1S/C26H27NO4/c1-4-31-26(29)23-16(2)27-21-14-19(17-9-6-5-7-10-17)15-22(28)25(21)24(23)18-11-8-12-20(13-18)30-3/h5-13,19,24,27H,4,14-15H2,1-3H3/t19-,24+/m1/s1. The monoisotopic (exact) mass is 417 g/mol. The number of benzene rings is 2. The minimum Gasteiger partial charge on any atom is -0.497 e. The van der Waals surface area contributed by atoms with Crippen LogP contribution in [0.4, 0.5) is 0 Å². The molecule has 2 aromatic carbocycles. The van der Waals surface area contributed by atoms with Crippen LogP contribution in [0.1, 0.15) is 49.7 Å². The zero-order chi connectivity index (χ0) is 22.0. The van der Waals surface area contributed by atoms with E-state index in [1.807, 2.05) is 49.4 Å². The first-order chi connectivity index (χ1) is 15.0. The topological polar surface area (TPSA) is 64.6 Å². The Morgan fingerprint density at radius 3 is 2.52 bits per heavy atom. The summed E-state index contributed by atoms with van der Waals surface area (Å²) in [5.41, 5.74) is 4.77. The van der Waals surface area contributed by atoms with E-state index in [0.717, 1.165) is 28.9 Å². The predicted octanol–water partition coefficient (Wildman–Crippen LogP) is 4.62. The van der Waals surface area contributed by atoms with Crippen molar-refractivity contribution >= 4 is 11.8 Å². The molecule has 0 aromatic heterocycles. The smallest absolute Gasteiger partial charge is 0.336 e. The molecule has 2 aliphatic rings. The van der Waals surface area contributed by atoms with Gasteiger partial charge in [0, 0.05) is 29.3 Å². The highest BCUT2D eigenvalue weighted by molar-refractivity contribution is 6.04. The van der Waals surface area contributed by atoms with Crippen molar-refractivity contribution < 1.29 is 19.1 Å². The highest BCUT2D eigenvalue weighted by atomic mass is 16.5. The van der Waals surface area contributed by atoms with Gasteiger partial charge in [0.05, 0.1) is 19.3 Å². The van der Waals surface area contributed by atoms with Crippen LogP contribution in [-0.2, 0) is 14.3 Å². The van der Waals surface area contributed by atoms with E-state index in [-0.39, 0.29) is 18.3 Å². The van der Waals surface area contributed by atoms with Crippen molar-refractivity contribution in [3.8, 4) is 5.75 Å². The number of Topliss-reactive ketones (excluding diaryl/α,β-unsaturated/α-hetero) is 1. The van der Waals surface area contributed by atoms with Crippen LogP contribution in [-0.4, -0.2) is 25.5 Å². The molecule has 31 heavy (non-hydrogen) atoms. The van der Waals surface area contributed by atoms with Crippen LogP contribution >= 0.6 is 0 Å². The van der Waals surface area contributed by atoms with Crippen molar-refractivity contribution in [2.45, 2.75) is 38.5 Å². The van der Waals surface area contributed by atoms with Crippen molar-refractivity contribution in [3.05, 3.63) is 88.3 Å². The number of dihydropyridines is 1. The van der Waals surface area contributed by atoms with Crippen molar-refractivity contribution in [2.24, 2.45) is 0 Å². The van der Waals surface area contributed by atoms with Gasteiger partial charge in [-0.2, -0.15) is 0 Å². The van der Waals surface area contributed by atoms with Crippen LogP contribution in [0.15, 0.2) is 77.1 Å². The Balaban J connectivity index is 1.81. The fourth-order valence-electron chi connectivity index (χ4n) is 4.63. The minimum absolute atomic E-state index is 0.0599. The summed E-state index contributed by atoms with van der Waals surface area (Å²) in [6, 6.07) is 17.7. The van der Waals surface area contributed by atoms with Crippen LogP contribution in [0.2, 0.25) is 0 Å². The van der Waals surface area contributed by atoms with Gasteiger partial charge in [0.1, 0.15) is 5.75 Å². The summed E-state index contributed by atoms with van der Waals surface area (Å²) < 4.78 is 10.8. The van der Waals surface area contributed by atoms with E-state index in [4.69, 9.17) is 9.47 Å². The first kappa shape index (κ1) is 20.9. The summed E-state index contributed by atoms with van der Waals surface area (Å²) in [5, 5.41) is 3.37. The van der Waals surface area contributed by atoms with Gasteiger partial charge in [-0.3, -0.25) is 4.79 Å². The van der Waals surface area contributed by atoms with E-state index in [2.05, 4.69) is 17.4 Å². The van der Waals surface area contributed by atoms with Gasteiger partial charge < -0.3 is 14.8 Å². The molecule has 4 rings (SSSR count). The lowest BCUT2D eigenvalue weighted by atomic mass is 9.71. The number of nitrogens with one attached hydrogen (secondary N) is 1. The number of carbonyl (C=O) groups is 2. The first-order valence-electron chi connectivity index (χ1n) is 10.6. The molecular formula is C26H27NO4. The van der Waals surface area contributed by atoms with E-state index in [0.29, 0.717) is 23.3 Å². The summed E-state index contributed by atoms with van der Waals surface area (Å²) in [5.74, 6) is -0.0171. The maximum atomic E-state index is 13.5. The highest BCUT2D eigenvalue weighted by Gasteiger charge is 2.41. The van der Waals surface area contributed by atoms with Crippen molar-refractivity contribution in [1.82, 2.24) is 5.32 Å². The third kappa shape index (κ3) is 4.00. The van der Waals surface area contributed by atoms with Gasteiger partial charge in [-0.1, -0.05) is 42.5 Å². The molecule has 1 heterocycles. The molecule has 1 N–H and O–H groups in total. The Kier molecular flexibility index (Phi) is 5.94. The largest absolute Gasteiger partial charge is 0.497 e. The van der Waals surface area contributed by atoms with Crippen LogP contribution in [0, 0.1) is 0 Å². The van der Waals surface area contributed by atoms with E-state index in [1.165, 1.54) is 0 Å². The lowest BCUT2D eigenvalue weighted by molar-refractivity contribution is -0.138. The van der Waals surface area contributed by atoms with E-state index < -0.39 is 11.9 Å². The number of ether oxygens (including phenoxy) is 2. The second-order valence-electron chi connectivity index (χ2n) is 7.93. The minimum atomic E-state index is -0.477. The molecule has 0 unspecified atom stereocenters. The lowest BCUT2D eigenvalue weighted by Crippen LogP contribution is -2.36. The van der Waals surface area contributed by atoms with Crippen molar-refractivity contribution in [3.63, 3.8) is 0 Å². The summed E-state index contributed by atoms with van der Waals surface area (Å²) >= 11 is 0. The molecule has 5 nitrogen and oxygen atoms in total. The molecular weight excluding hydrogens is 390 g/mol. The summed E-state index contributed by atoms with van der Waals surface area (Å²) in [6.45, 7) is 3.93. The Morgan fingerprint density at radius 1 is 1.06 bits per heavy atom. The molecule has 0 saturated heterocycles. The Morgan fingerprint density at radius 2 is 1.81 bits per heavy atom. The Bertz CT molecular complexity index is 1070. The quantitative estimate of drug-likeness (QED) is 0.719. The van der Waals surface area contributed by atoms with Crippen LogP contribution in [0.3, 0.4) is 0 Å². The molecule has 160 valence electrons. The number of ketones is 1. The average Bonchev–Trinajstić information content (AvgIpc) is 2.78. The Labute approximate surface area is 182 Å². The number of hydrogen-bond acceptors (Lipinski definition) is 5. The van der Waals surface area contributed by atoms with Gasteiger partial charge in [-0.15, -0.1) is 0 Å². The first-order valence-corrected chi connectivity index (χ1v) is 10.6. The van der Waals surface area contributed by atoms with Gasteiger partial charge in [-0.25, -0.2) is 4.79 Å². The number of hydrogen-bond donors (Lipinski definition) is 1. The van der Waals surface area contributed by atoms with Crippen LogP contribution in [0.25, 0.3) is 0 Å². The lowest BCUT2D eigenvalue weighted by Gasteiger charge is -2.36. The van der Waals surface area contributed by atoms with Gasteiger partial charge in [0.25, 0.3) is 0 Å². The number of esters is 1. The molecule has 0 bridgehead atoms. The molecule has 1 aliphatic carbocycles. The zero-order valence-corrected chi connectivity index (χ0v) is 18.1. The molecule has 0 saturated carbocycles. The zero-order valence-electron chi connectivity index (χ0n) is 18.1. The fraction of sp³-hybridized carbons (Fsp3) is 0.308. The number of carbonyl (C=O) groups excluding carboxylic acids is 2. The maximum Gasteiger partial charge on any atom is 0.336 e. The fourth-order valence-corrected chi connectivity index (χ4v) is 4.63. The van der Waals surface area contributed by atoms with E-state index >= 15 is 0 Å². The SMILES string of the molecule is CCOC(=O)C1=C(C)NC2=C(C(=O)C[C@H](c3ccccc3)C2)[C@H]1c1cccc(OC)c1. The second kappa shape index (κ2) is 8.80. The molecule has 5 heteroatoms. The summed E-state index contributed by atoms with van der Waals surface area (Å²) in [7, 11) is 1.61. The van der Waals surface area contributed by atoms with Crippen LogP contribution in [0.5, 0.6) is 5.75 Å². The van der Waals surface area contributed by atoms with E-state index in [9.17, 15) is 9.59 Å². The highest BCUT2D eigenvalue weighted by Crippen LogP contribution is 2.46. The molecule has 0 spiro atoms. The molecule has 0 radical (unpaired) electrons. The second-order valence-corrected chi connectivity index (χ2v) is 7.93. The number of allylic oxidation sites excluding steroid dienone is 3. The third-order valence-corrected chi connectivity index (χ3v) is 6.02. The Hall–Kier alpha value is -3.34. The normalized spacial score (nSPS) is 20.8. The number of methoxy groups -OCH3 is 1. The van der Waals surface area contributed by atoms with Gasteiger partial charge >= 0.3 is 5.97 Å². The number of rotatable bonds is 5. The molecule has 0 fully saturated rings. The van der Waals surface area contributed by atoms with Gasteiger partial charge in [0.2, 0.25) is 0 Å². The average molecular weight is 418 g/mol. The van der Waals surface area contributed by atoms with E-state index in [1.54, 1.807) is 14.0 Å². The molecule has 0 amide bonds. The molecule has 1 aliphatic heterocycles. The molecule has 2 atom stereocenters. The summed E-state index contributed by atoms with van der Waals surface area (Å²) in [6.07, 6.45) is 1.14. The van der Waals surface area contributed by atoms with Gasteiger partial charge in [0.15, 0.2) is 5.78 Å². The van der Waals surface area contributed by atoms with Crippen LogP contribution < -0.4 is 10.1 Å². The third-order valence-electron chi connectivity index (χ3n) is 6.02. The summed E-state index contributed by atoms with van der Waals surface area (Å²) in [4.78, 5) is 26.4. The van der Waals surface area contributed by atoms with Crippen molar-refractivity contribution in [1.29, 1.82) is 0 Å².